The number of rotatable bonds is 3. The SMILES string of the molecule is CC(C)(C)OC(=O)NC(C(=O)O)C1CCOC2(CCC2)C1. The summed E-state index contributed by atoms with van der Waals surface area (Å²) in [4.78, 5) is 23.3. The van der Waals surface area contributed by atoms with Crippen molar-refractivity contribution in [1.29, 1.82) is 0 Å². The zero-order valence-electron chi connectivity index (χ0n) is 13.0. The molecule has 6 heteroatoms. The van der Waals surface area contributed by atoms with Crippen LogP contribution in [0.25, 0.3) is 0 Å². The summed E-state index contributed by atoms with van der Waals surface area (Å²) in [5.74, 6) is -1.12. The number of carboxylic acids is 1. The minimum absolute atomic E-state index is 0.107. The van der Waals surface area contributed by atoms with E-state index in [1.807, 2.05) is 0 Å². The molecular weight excluding hydrogens is 274 g/mol. The van der Waals surface area contributed by atoms with Crippen LogP contribution in [0.1, 0.15) is 52.9 Å². The first-order valence-corrected chi connectivity index (χ1v) is 7.57. The van der Waals surface area contributed by atoms with Crippen LogP contribution in [0.4, 0.5) is 4.79 Å². The van der Waals surface area contributed by atoms with Gasteiger partial charge < -0.3 is 19.9 Å². The van der Waals surface area contributed by atoms with Crippen molar-refractivity contribution in [3.05, 3.63) is 0 Å². The predicted molar refractivity (Wildman–Crippen MR) is 76.1 cm³/mol. The molecule has 2 N–H and O–H groups in total. The summed E-state index contributed by atoms with van der Waals surface area (Å²) in [6.07, 6.45) is 3.77. The molecule has 0 aromatic rings. The van der Waals surface area contributed by atoms with E-state index in [0.717, 1.165) is 19.3 Å². The second-order valence-corrected chi connectivity index (χ2v) is 7.10. The van der Waals surface area contributed by atoms with Gasteiger partial charge in [0.1, 0.15) is 11.6 Å². The van der Waals surface area contributed by atoms with Crippen LogP contribution in [0.3, 0.4) is 0 Å². The Morgan fingerprint density at radius 2 is 2.05 bits per heavy atom. The number of carbonyl (C=O) groups is 2. The molecule has 1 spiro atoms. The van der Waals surface area contributed by atoms with Crippen LogP contribution in [-0.4, -0.2) is 41.0 Å². The third-order valence-electron chi connectivity index (χ3n) is 4.21. The molecule has 2 unspecified atom stereocenters. The Morgan fingerprint density at radius 3 is 2.52 bits per heavy atom. The Morgan fingerprint density at radius 1 is 1.38 bits per heavy atom. The van der Waals surface area contributed by atoms with E-state index in [0.29, 0.717) is 19.4 Å². The van der Waals surface area contributed by atoms with E-state index in [1.54, 1.807) is 20.8 Å². The number of nitrogens with one attached hydrogen (secondary N) is 1. The molecule has 1 heterocycles. The molecule has 21 heavy (non-hydrogen) atoms. The monoisotopic (exact) mass is 299 g/mol. The van der Waals surface area contributed by atoms with E-state index in [-0.39, 0.29) is 11.5 Å². The van der Waals surface area contributed by atoms with Gasteiger partial charge in [0.15, 0.2) is 0 Å². The summed E-state index contributed by atoms with van der Waals surface area (Å²) >= 11 is 0. The molecule has 1 aliphatic carbocycles. The van der Waals surface area contributed by atoms with Gasteiger partial charge in [-0.2, -0.15) is 0 Å². The zero-order valence-corrected chi connectivity index (χ0v) is 13.0. The number of alkyl carbamates (subject to hydrolysis) is 1. The summed E-state index contributed by atoms with van der Waals surface area (Å²) < 4.78 is 11.0. The summed E-state index contributed by atoms with van der Waals surface area (Å²) in [7, 11) is 0. The van der Waals surface area contributed by atoms with Crippen LogP contribution in [0.5, 0.6) is 0 Å². The number of carbonyl (C=O) groups excluding carboxylic acids is 1. The number of aliphatic carboxylic acids is 1. The molecule has 0 aromatic heterocycles. The molecule has 2 atom stereocenters. The fourth-order valence-electron chi connectivity index (χ4n) is 3.09. The highest BCUT2D eigenvalue weighted by Crippen LogP contribution is 2.45. The highest BCUT2D eigenvalue weighted by Gasteiger charge is 2.46. The molecule has 0 radical (unpaired) electrons. The molecule has 0 bridgehead atoms. The maximum absolute atomic E-state index is 11.8. The predicted octanol–water partition coefficient (Wildman–Crippen LogP) is 2.31. The van der Waals surface area contributed by atoms with Gasteiger partial charge >= 0.3 is 12.1 Å². The third-order valence-corrected chi connectivity index (χ3v) is 4.21. The minimum atomic E-state index is -1.01. The van der Waals surface area contributed by atoms with E-state index in [4.69, 9.17) is 9.47 Å². The molecule has 1 saturated heterocycles. The summed E-state index contributed by atoms with van der Waals surface area (Å²) in [5, 5.41) is 11.9. The molecule has 0 aromatic carbocycles. The second-order valence-electron chi connectivity index (χ2n) is 7.10. The highest BCUT2D eigenvalue weighted by molar-refractivity contribution is 5.80. The molecule has 1 amide bonds. The van der Waals surface area contributed by atoms with Gasteiger partial charge in [-0.25, -0.2) is 9.59 Å². The maximum Gasteiger partial charge on any atom is 0.408 e. The van der Waals surface area contributed by atoms with E-state index >= 15 is 0 Å². The van der Waals surface area contributed by atoms with Gasteiger partial charge in [-0.15, -0.1) is 0 Å². The van der Waals surface area contributed by atoms with Crippen molar-refractivity contribution in [1.82, 2.24) is 5.32 Å². The lowest BCUT2D eigenvalue weighted by Gasteiger charge is -2.48. The minimum Gasteiger partial charge on any atom is -0.480 e. The largest absolute Gasteiger partial charge is 0.480 e. The molecule has 1 saturated carbocycles. The first kappa shape index (κ1) is 16.1. The van der Waals surface area contributed by atoms with Crippen molar-refractivity contribution in [2.75, 3.05) is 6.61 Å². The molecule has 6 nitrogen and oxygen atoms in total. The van der Waals surface area contributed by atoms with E-state index in [2.05, 4.69) is 5.32 Å². The number of hydrogen-bond acceptors (Lipinski definition) is 4. The van der Waals surface area contributed by atoms with Crippen molar-refractivity contribution >= 4 is 12.1 Å². The zero-order chi connectivity index (χ0) is 15.7. The van der Waals surface area contributed by atoms with E-state index < -0.39 is 23.7 Å². The van der Waals surface area contributed by atoms with Gasteiger partial charge in [-0.3, -0.25) is 0 Å². The van der Waals surface area contributed by atoms with Crippen molar-refractivity contribution in [3.63, 3.8) is 0 Å². The molecule has 120 valence electrons. The van der Waals surface area contributed by atoms with Gasteiger partial charge in [0, 0.05) is 6.61 Å². The second kappa shape index (κ2) is 5.83. The van der Waals surface area contributed by atoms with Crippen LogP contribution in [-0.2, 0) is 14.3 Å². The van der Waals surface area contributed by atoms with Crippen molar-refractivity contribution in [2.24, 2.45) is 5.92 Å². The Labute approximate surface area is 125 Å². The number of hydrogen-bond donors (Lipinski definition) is 2. The van der Waals surface area contributed by atoms with Crippen LogP contribution in [0.15, 0.2) is 0 Å². The highest BCUT2D eigenvalue weighted by atomic mass is 16.6. The van der Waals surface area contributed by atoms with Gasteiger partial charge in [-0.05, 0) is 58.8 Å². The molecule has 2 rings (SSSR count). The van der Waals surface area contributed by atoms with Crippen molar-refractivity contribution in [3.8, 4) is 0 Å². The van der Waals surface area contributed by atoms with Gasteiger partial charge in [0.2, 0.25) is 0 Å². The molecule has 1 aliphatic heterocycles. The standard InChI is InChI=1S/C15H25NO5/c1-14(2,3)21-13(19)16-11(12(17)18)10-5-8-20-15(9-10)6-4-7-15/h10-11H,4-9H2,1-3H3,(H,16,19)(H,17,18). The van der Waals surface area contributed by atoms with E-state index in [9.17, 15) is 14.7 Å². The Hall–Kier alpha value is -1.30. The van der Waals surface area contributed by atoms with Crippen molar-refractivity contribution < 1.29 is 24.2 Å². The Bertz CT molecular complexity index is 411. The smallest absolute Gasteiger partial charge is 0.408 e. The van der Waals surface area contributed by atoms with Crippen LogP contribution in [0, 0.1) is 5.92 Å². The third kappa shape index (κ3) is 4.09. The van der Waals surface area contributed by atoms with Gasteiger partial charge in [0.05, 0.1) is 5.60 Å². The average Bonchev–Trinajstić information content (AvgIpc) is 2.31. The Balaban J connectivity index is 1.98. The summed E-state index contributed by atoms with van der Waals surface area (Å²) in [5.41, 5.74) is -0.787. The van der Waals surface area contributed by atoms with Gasteiger partial charge in [0.25, 0.3) is 0 Å². The fraction of sp³-hybridized carbons (Fsp3) is 0.867. The Kier molecular flexibility index (Phi) is 4.46. The molecular formula is C15H25NO5. The van der Waals surface area contributed by atoms with Gasteiger partial charge in [-0.1, -0.05) is 0 Å². The lowest BCUT2D eigenvalue weighted by molar-refractivity contribution is -0.158. The van der Waals surface area contributed by atoms with Crippen LogP contribution < -0.4 is 5.32 Å². The quantitative estimate of drug-likeness (QED) is 0.835. The first-order valence-electron chi connectivity index (χ1n) is 7.57. The maximum atomic E-state index is 11.8. The van der Waals surface area contributed by atoms with Crippen LogP contribution >= 0.6 is 0 Å². The lowest BCUT2D eigenvalue weighted by Crippen LogP contribution is -2.54. The lowest BCUT2D eigenvalue weighted by atomic mass is 9.70. The number of ether oxygens (including phenoxy) is 2. The molecule has 2 aliphatic rings. The average molecular weight is 299 g/mol. The normalized spacial score (nSPS) is 25.8. The topological polar surface area (TPSA) is 84.9 Å². The van der Waals surface area contributed by atoms with E-state index in [1.165, 1.54) is 0 Å². The molecule has 2 fully saturated rings. The summed E-state index contributed by atoms with van der Waals surface area (Å²) in [6, 6.07) is -0.916. The van der Waals surface area contributed by atoms with Crippen molar-refractivity contribution in [2.45, 2.75) is 70.1 Å². The van der Waals surface area contributed by atoms with Crippen LogP contribution in [0.2, 0.25) is 0 Å². The number of amides is 1. The first-order chi connectivity index (χ1) is 9.71. The number of carboxylic acid groups (broad SMARTS) is 1. The summed E-state index contributed by atoms with van der Waals surface area (Å²) in [6.45, 7) is 5.81. The fourth-order valence-corrected chi connectivity index (χ4v) is 3.09.